The van der Waals surface area contributed by atoms with Crippen molar-refractivity contribution in [2.45, 2.75) is 13.3 Å². The minimum absolute atomic E-state index is 0.0202. The van der Waals surface area contributed by atoms with Crippen LogP contribution in [0, 0.1) is 0 Å². The summed E-state index contributed by atoms with van der Waals surface area (Å²) < 4.78 is 6.78. The van der Waals surface area contributed by atoms with E-state index in [9.17, 15) is 9.59 Å². The van der Waals surface area contributed by atoms with E-state index in [0.29, 0.717) is 17.5 Å². The standard InChI is InChI=1S/C18H17NO3/c1-3-22-16(20)11-14-10-13-9-8-12-6-4-5-7-15(12)18(21)17(13)19(14)2/h4-10H,3,11H2,1-2H3. The number of nitrogens with zero attached hydrogens (tertiary/aromatic N) is 1. The van der Waals surface area contributed by atoms with Crippen LogP contribution in [0.4, 0.5) is 0 Å². The summed E-state index contributed by atoms with van der Waals surface area (Å²) in [5.74, 6) is -0.282. The van der Waals surface area contributed by atoms with Gasteiger partial charge in [0, 0.05) is 23.5 Å². The SMILES string of the molecule is CCOC(=O)Cc1cc2ccc3ccccc3c(=O)c2n1C. The number of rotatable bonds is 3. The molecule has 3 aromatic rings. The van der Waals surface area contributed by atoms with Gasteiger partial charge in [-0.2, -0.15) is 0 Å². The smallest absolute Gasteiger partial charge is 0.311 e. The molecule has 0 radical (unpaired) electrons. The Bertz CT molecular complexity index is 925. The Balaban J connectivity index is 2.23. The Morgan fingerprint density at radius 3 is 2.64 bits per heavy atom. The molecule has 0 bridgehead atoms. The molecule has 0 amide bonds. The number of aryl methyl sites for hydroxylation is 1. The number of ether oxygens (including phenoxy) is 1. The van der Waals surface area contributed by atoms with Gasteiger partial charge < -0.3 is 9.30 Å². The van der Waals surface area contributed by atoms with Crippen LogP contribution in [0.2, 0.25) is 0 Å². The van der Waals surface area contributed by atoms with Crippen LogP contribution in [-0.2, 0) is 23.0 Å². The van der Waals surface area contributed by atoms with Crippen LogP contribution in [0.25, 0.3) is 21.7 Å². The third kappa shape index (κ3) is 2.37. The quantitative estimate of drug-likeness (QED) is 0.698. The first-order valence-electron chi connectivity index (χ1n) is 7.28. The lowest BCUT2D eigenvalue weighted by Crippen LogP contribution is -2.11. The molecule has 0 atom stereocenters. The molecule has 0 fully saturated rings. The minimum atomic E-state index is -0.282. The Morgan fingerprint density at radius 2 is 1.86 bits per heavy atom. The molecule has 0 aliphatic carbocycles. The summed E-state index contributed by atoms with van der Waals surface area (Å²) in [4.78, 5) is 24.5. The van der Waals surface area contributed by atoms with Crippen LogP contribution in [-0.4, -0.2) is 17.1 Å². The predicted molar refractivity (Wildman–Crippen MR) is 87.0 cm³/mol. The third-order valence-electron chi connectivity index (χ3n) is 3.86. The second-order valence-electron chi connectivity index (χ2n) is 5.23. The Labute approximate surface area is 127 Å². The zero-order chi connectivity index (χ0) is 15.7. The molecule has 0 spiro atoms. The lowest BCUT2D eigenvalue weighted by molar-refractivity contribution is -0.142. The van der Waals surface area contributed by atoms with Crippen LogP contribution < -0.4 is 5.43 Å². The first-order chi connectivity index (χ1) is 10.6. The highest BCUT2D eigenvalue weighted by atomic mass is 16.5. The predicted octanol–water partition coefficient (Wildman–Crippen LogP) is 2.80. The topological polar surface area (TPSA) is 48.3 Å². The summed E-state index contributed by atoms with van der Waals surface area (Å²) >= 11 is 0. The molecule has 112 valence electrons. The molecule has 2 aromatic carbocycles. The van der Waals surface area contributed by atoms with E-state index >= 15 is 0 Å². The van der Waals surface area contributed by atoms with E-state index in [4.69, 9.17) is 4.74 Å². The number of esters is 1. The molecule has 4 nitrogen and oxygen atoms in total. The van der Waals surface area contributed by atoms with E-state index in [0.717, 1.165) is 16.5 Å². The molecule has 1 heterocycles. The second kappa shape index (κ2) is 5.64. The molecule has 0 aliphatic rings. The first kappa shape index (κ1) is 14.3. The summed E-state index contributed by atoms with van der Waals surface area (Å²) in [5, 5.41) is 2.43. The molecule has 0 unspecified atom stereocenters. The van der Waals surface area contributed by atoms with Crippen molar-refractivity contribution in [1.82, 2.24) is 4.57 Å². The van der Waals surface area contributed by atoms with Crippen LogP contribution in [0.5, 0.6) is 0 Å². The van der Waals surface area contributed by atoms with Gasteiger partial charge in [-0.3, -0.25) is 9.59 Å². The summed E-state index contributed by atoms with van der Waals surface area (Å²) in [5.41, 5.74) is 1.37. The summed E-state index contributed by atoms with van der Waals surface area (Å²) in [7, 11) is 1.81. The van der Waals surface area contributed by atoms with Crippen molar-refractivity contribution < 1.29 is 9.53 Å². The van der Waals surface area contributed by atoms with Crippen LogP contribution in [0.1, 0.15) is 12.6 Å². The van der Waals surface area contributed by atoms with Crippen LogP contribution >= 0.6 is 0 Å². The van der Waals surface area contributed by atoms with Gasteiger partial charge in [-0.15, -0.1) is 0 Å². The van der Waals surface area contributed by atoms with Gasteiger partial charge in [0.05, 0.1) is 18.5 Å². The van der Waals surface area contributed by atoms with Crippen molar-refractivity contribution in [2.75, 3.05) is 6.61 Å². The lowest BCUT2D eigenvalue weighted by atomic mass is 10.2. The maximum absolute atomic E-state index is 12.8. The van der Waals surface area contributed by atoms with E-state index in [-0.39, 0.29) is 17.8 Å². The fourth-order valence-corrected chi connectivity index (χ4v) is 2.78. The van der Waals surface area contributed by atoms with Gasteiger partial charge in [0.2, 0.25) is 5.43 Å². The average molecular weight is 295 g/mol. The fraction of sp³-hybridized carbons (Fsp3) is 0.222. The zero-order valence-electron chi connectivity index (χ0n) is 12.6. The van der Waals surface area contributed by atoms with Crippen LogP contribution in [0.3, 0.4) is 0 Å². The second-order valence-corrected chi connectivity index (χ2v) is 5.23. The van der Waals surface area contributed by atoms with E-state index in [1.165, 1.54) is 0 Å². The van der Waals surface area contributed by atoms with E-state index in [1.807, 2.05) is 49.5 Å². The number of fused-ring (bicyclic) bond motifs is 2. The molecule has 4 heteroatoms. The van der Waals surface area contributed by atoms with Gasteiger partial charge in [0.15, 0.2) is 0 Å². The van der Waals surface area contributed by atoms with Crippen molar-refractivity contribution >= 4 is 27.6 Å². The van der Waals surface area contributed by atoms with Gasteiger partial charge in [-0.25, -0.2) is 0 Å². The van der Waals surface area contributed by atoms with E-state index in [1.54, 1.807) is 11.5 Å². The maximum atomic E-state index is 12.8. The third-order valence-corrected chi connectivity index (χ3v) is 3.86. The number of hydrogen-bond acceptors (Lipinski definition) is 3. The van der Waals surface area contributed by atoms with Gasteiger partial charge in [-0.05, 0) is 18.4 Å². The molecule has 0 N–H and O–H groups in total. The van der Waals surface area contributed by atoms with Gasteiger partial charge >= 0.3 is 5.97 Å². The van der Waals surface area contributed by atoms with Gasteiger partial charge in [0.25, 0.3) is 0 Å². The number of hydrogen-bond donors (Lipinski definition) is 0. The average Bonchev–Trinajstić information content (AvgIpc) is 2.73. The van der Waals surface area contributed by atoms with Crippen molar-refractivity contribution in [2.24, 2.45) is 7.05 Å². The van der Waals surface area contributed by atoms with Crippen molar-refractivity contribution in [3.05, 3.63) is 58.4 Å². The maximum Gasteiger partial charge on any atom is 0.311 e. The highest BCUT2D eigenvalue weighted by Crippen LogP contribution is 2.19. The Kier molecular flexibility index (Phi) is 3.67. The Hall–Kier alpha value is -2.62. The number of carbonyl (C=O) groups is 1. The lowest BCUT2D eigenvalue weighted by Gasteiger charge is -2.03. The number of benzene rings is 1. The molecule has 0 aliphatic heterocycles. The van der Waals surface area contributed by atoms with E-state index < -0.39 is 0 Å². The fourth-order valence-electron chi connectivity index (χ4n) is 2.78. The molecular formula is C18H17NO3. The molecule has 1 aromatic heterocycles. The monoisotopic (exact) mass is 295 g/mol. The molecule has 22 heavy (non-hydrogen) atoms. The number of aromatic nitrogens is 1. The van der Waals surface area contributed by atoms with Gasteiger partial charge in [0.1, 0.15) is 0 Å². The first-order valence-corrected chi connectivity index (χ1v) is 7.28. The van der Waals surface area contributed by atoms with Crippen molar-refractivity contribution in [3.63, 3.8) is 0 Å². The molecule has 0 saturated carbocycles. The van der Waals surface area contributed by atoms with Gasteiger partial charge in [-0.1, -0.05) is 36.4 Å². The zero-order valence-corrected chi connectivity index (χ0v) is 12.6. The number of carbonyl (C=O) groups excluding carboxylic acids is 1. The minimum Gasteiger partial charge on any atom is -0.466 e. The largest absolute Gasteiger partial charge is 0.466 e. The Morgan fingerprint density at radius 1 is 1.14 bits per heavy atom. The highest BCUT2D eigenvalue weighted by molar-refractivity contribution is 5.92. The highest BCUT2D eigenvalue weighted by Gasteiger charge is 2.13. The molecule has 0 saturated heterocycles. The molecular weight excluding hydrogens is 278 g/mol. The summed E-state index contributed by atoms with van der Waals surface area (Å²) in [6.07, 6.45) is 0.167. The van der Waals surface area contributed by atoms with Crippen molar-refractivity contribution in [3.8, 4) is 0 Å². The van der Waals surface area contributed by atoms with Crippen molar-refractivity contribution in [1.29, 1.82) is 0 Å². The van der Waals surface area contributed by atoms with E-state index in [2.05, 4.69) is 0 Å². The van der Waals surface area contributed by atoms with Crippen LogP contribution in [0.15, 0.2) is 47.3 Å². The normalized spacial score (nSPS) is 11.0. The molecule has 3 rings (SSSR count). The summed E-state index contributed by atoms with van der Waals surface area (Å²) in [6.45, 7) is 2.14. The summed E-state index contributed by atoms with van der Waals surface area (Å²) in [6, 6.07) is 13.3.